The molecule has 172 valence electrons. The Bertz CT molecular complexity index is 1100. The van der Waals surface area contributed by atoms with Crippen LogP contribution in [0.15, 0.2) is 48.8 Å². The van der Waals surface area contributed by atoms with E-state index in [-0.39, 0.29) is 5.97 Å². The smallest absolute Gasteiger partial charge is 0.340 e. The Morgan fingerprint density at radius 1 is 1.03 bits per heavy atom. The Morgan fingerprint density at radius 3 is 2.55 bits per heavy atom. The number of nitrogens with zero attached hydrogens (tertiary/aromatic N) is 5. The monoisotopic (exact) mass is 447 g/mol. The number of benzene rings is 1. The number of ether oxygens (including phenoxy) is 1. The summed E-state index contributed by atoms with van der Waals surface area (Å²) in [6, 6.07) is 11.2. The van der Waals surface area contributed by atoms with Crippen LogP contribution in [0.3, 0.4) is 0 Å². The summed E-state index contributed by atoms with van der Waals surface area (Å²) in [6.07, 6.45) is 3.52. The maximum absolute atomic E-state index is 12.3. The van der Waals surface area contributed by atoms with E-state index in [1.807, 2.05) is 31.2 Å². The van der Waals surface area contributed by atoms with Crippen LogP contribution >= 0.6 is 0 Å². The Kier molecular flexibility index (Phi) is 6.99. The van der Waals surface area contributed by atoms with Crippen molar-refractivity contribution in [2.45, 2.75) is 13.8 Å². The van der Waals surface area contributed by atoms with Gasteiger partial charge in [-0.3, -0.25) is 0 Å². The molecule has 0 unspecified atom stereocenters. The lowest BCUT2D eigenvalue weighted by Crippen LogP contribution is -2.44. The van der Waals surface area contributed by atoms with Crippen LogP contribution in [0.25, 0.3) is 0 Å². The van der Waals surface area contributed by atoms with E-state index in [2.05, 4.69) is 42.4 Å². The summed E-state index contributed by atoms with van der Waals surface area (Å²) in [5.74, 6) is 1.63. The van der Waals surface area contributed by atoms with E-state index in [1.165, 1.54) is 0 Å². The van der Waals surface area contributed by atoms with E-state index in [0.29, 0.717) is 29.6 Å². The summed E-state index contributed by atoms with van der Waals surface area (Å²) >= 11 is 0. The number of esters is 1. The zero-order valence-corrected chi connectivity index (χ0v) is 19.2. The van der Waals surface area contributed by atoms with Gasteiger partial charge in [0.25, 0.3) is 0 Å². The molecular weight excluding hydrogens is 418 g/mol. The summed E-state index contributed by atoms with van der Waals surface area (Å²) in [7, 11) is 2.14. The molecule has 1 saturated heterocycles. The second-order valence-electron chi connectivity index (χ2n) is 7.94. The number of pyridine rings is 1. The zero-order valence-electron chi connectivity index (χ0n) is 19.2. The van der Waals surface area contributed by atoms with E-state index in [4.69, 9.17) is 4.74 Å². The summed E-state index contributed by atoms with van der Waals surface area (Å²) in [5.41, 5.74) is 2.73. The maximum Gasteiger partial charge on any atom is 0.340 e. The highest BCUT2D eigenvalue weighted by atomic mass is 16.5. The fraction of sp³-hybridized carbons (Fsp3) is 0.333. The number of piperazine rings is 1. The highest BCUT2D eigenvalue weighted by Crippen LogP contribution is 2.24. The minimum Gasteiger partial charge on any atom is -0.462 e. The highest BCUT2D eigenvalue weighted by molar-refractivity contribution is 5.96. The van der Waals surface area contributed by atoms with Gasteiger partial charge in [0.05, 0.1) is 29.7 Å². The van der Waals surface area contributed by atoms with Gasteiger partial charge < -0.3 is 25.2 Å². The van der Waals surface area contributed by atoms with Crippen molar-refractivity contribution in [3.63, 3.8) is 0 Å². The molecule has 0 aliphatic carbocycles. The molecule has 2 N–H and O–H groups in total. The average Bonchev–Trinajstić information content (AvgIpc) is 2.83. The molecule has 1 aliphatic heterocycles. The van der Waals surface area contributed by atoms with Gasteiger partial charge in [-0.1, -0.05) is 12.1 Å². The van der Waals surface area contributed by atoms with Crippen molar-refractivity contribution in [3.05, 3.63) is 59.9 Å². The third kappa shape index (κ3) is 5.56. The van der Waals surface area contributed by atoms with Gasteiger partial charge in [0.15, 0.2) is 0 Å². The number of anilines is 5. The fourth-order valence-corrected chi connectivity index (χ4v) is 3.55. The molecule has 0 saturated carbocycles. The van der Waals surface area contributed by atoms with Crippen molar-refractivity contribution in [1.29, 1.82) is 0 Å². The van der Waals surface area contributed by atoms with Crippen molar-refractivity contribution in [2.24, 2.45) is 0 Å². The lowest BCUT2D eigenvalue weighted by molar-refractivity contribution is 0.0527. The van der Waals surface area contributed by atoms with Crippen LogP contribution in [-0.4, -0.2) is 65.7 Å². The first kappa shape index (κ1) is 22.5. The Hall–Kier alpha value is -3.72. The number of nitrogens with one attached hydrogen (secondary N) is 2. The first-order chi connectivity index (χ1) is 16.0. The van der Waals surface area contributed by atoms with Crippen LogP contribution in [0.4, 0.5) is 29.0 Å². The number of carbonyl (C=O) groups excluding carboxylic acids is 1. The number of carbonyl (C=O) groups is 1. The molecule has 0 radical (unpaired) electrons. The van der Waals surface area contributed by atoms with Crippen LogP contribution in [0.1, 0.15) is 22.8 Å². The number of likely N-dealkylation sites (N-methyl/N-ethyl adjacent to an activating group) is 1. The van der Waals surface area contributed by atoms with Crippen LogP contribution in [0.2, 0.25) is 0 Å². The molecule has 2 aromatic heterocycles. The molecule has 0 amide bonds. The third-order valence-corrected chi connectivity index (χ3v) is 5.48. The van der Waals surface area contributed by atoms with Crippen molar-refractivity contribution in [2.75, 3.05) is 55.4 Å². The standard InChI is InChI=1S/C24H29N7O2/c1-4-33-23(32)19-7-5-6-8-20(19)28-22-17(2)15-26-24(29-22)27-18-9-10-21(25-16-18)31-13-11-30(3)12-14-31/h5-10,15-16H,4,11-14H2,1-3H3,(H2,26,27,28,29). The van der Waals surface area contributed by atoms with Crippen molar-refractivity contribution in [3.8, 4) is 0 Å². The molecule has 9 nitrogen and oxygen atoms in total. The Labute approximate surface area is 193 Å². The topological polar surface area (TPSA) is 95.5 Å². The molecule has 0 spiro atoms. The number of hydrogen-bond acceptors (Lipinski definition) is 9. The van der Waals surface area contributed by atoms with Gasteiger partial charge in [-0.2, -0.15) is 4.98 Å². The second kappa shape index (κ2) is 10.3. The molecule has 3 aromatic rings. The molecule has 3 heterocycles. The first-order valence-electron chi connectivity index (χ1n) is 11.1. The lowest BCUT2D eigenvalue weighted by Gasteiger charge is -2.33. The number of para-hydroxylation sites is 1. The van der Waals surface area contributed by atoms with Gasteiger partial charge in [0.1, 0.15) is 11.6 Å². The molecule has 0 atom stereocenters. The summed E-state index contributed by atoms with van der Waals surface area (Å²) in [5, 5.41) is 6.45. The van der Waals surface area contributed by atoms with E-state index in [1.54, 1.807) is 31.5 Å². The Morgan fingerprint density at radius 2 is 1.82 bits per heavy atom. The number of aromatic nitrogens is 3. The largest absolute Gasteiger partial charge is 0.462 e. The summed E-state index contributed by atoms with van der Waals surface area (Å²) in [4.78, 5) is 30.5. The highest BCUT2D eigenvalue weighted by Gasteiger charge is 2.16. The predicted octanol–water partition coefficient (Wildman–Crippen LogP) is 3.60. The van der Waals surface area contributed by atoms with E-state index in [0.717, 1.165) is 43.2 Å². The van der Waals surface area contributed by atoms with Crippen LogP contribution in [0.5, 0.6) is 0 Å². The summed E-state index contributed by atoms with van der Waals surface area (Å²) < 4.78 is 5.16. The van der Waals surface area contributed by atoms with Crippen LogP contribution in [-0.2, 0) is 4.74 Å². The SMILES string of the molecule is CCOC(=O)c1ccccc1Nc1nc(Nc2ccc(N3CCN(C)CC3)nc2)ncc1C. The minimum absolute atomic E-state index is 0.315. The van der Waals surface area contributed by atoms with Gasteiger partial charge in [0, 0.05) is 37.9 Å². The molecule has 1 aliphatic rings. The van der Waals surface area contributed by atoms with Crippen LogP contribution in [0, 0.1) is 6.92 Å². The third-order valence-electron chi connectivity index (χ3n) is 5.48. The number of rotatable bonds is 7. The Balaban J connectivity index is 1.48. The number of aryl methyl sites for hydroxylation is 1. The first-order valence-corrected chi connectivity index (χ1v) is 11.1. The van der Waals surface area contributed by atoms with E-state index in [9.17, 15) is 4.79 Å². The van der Waals surface area contributed by atoms with Crippen LogP contribution < -0.4 is 15.5 Å². The van der Waals surface area contributed by atoms with Gasteiger partial charge in [-0.25, -0.2) is 14.8 Å². The molecular formula is C24H29N7O2. The van der Waals surface area contributed by atoms with Gasteiger partial charge >= 0.3 is 5.97 Å². The quantitative estimate of drug-likeness (QED) is 0.527. The average molecular weight is 448 g/mol. The fourth-order valence-electron chi connectivity index (χ4n) is 3.55. The zero-order chi connectivity index (χ0) is 23.2. The minimum atomic E-state index is -0.378. The van der Waals surface area contributed by atoms with Gasteiger partial charge in [0.2, 0.25) is 5.95 Å². The number of hydrogen-bond donors (Lipinski definition) is 2. The normalized spacial score (nSPS) is 14.1. The van der Waals surface area contributed by atoms with E-state index < -0.39 is 0 Å². The van der Waals surface area contributed by atoms with Gasteiger partial charge in [-0.15, -0.1) is 0 Å². The summed E-state index contributed by atoms with van der Waals surface area (Å²) in [6.45, 7) is 8.02. The predicted molar refractivity (Wildman–Crippen MR) is 130 cm³/mol. The molecule has 0 bridgehead atoms. The van der Waals surface area contributed by atoms with E-state index >= 15 is 0 Å². The molecule has 1 aromatic carbocycles. The van der Waals surface area contributed by atoms with Gasteiger partial charge in [-0.05, 0) is 45.2 Å². The van der Waals surface area contributed by atoms with Crippen molar-refractivity contribution in [1.82, 2.24) is 19.9 Å². The molecule has 9 heteroatoms. The van der Waals surface area contributed by atoms with Crippen molar-refractivity contribution >= 4 is 34.9 Å². The molecule has 33 heavy (non-hydrogen) atoms. The maximum atomic E-state index is 12.3. The molecule has 1 fully saturated rings. The lowest BCUT2D eigenvalue weighted by atomic mass is 10.1. The molecule has 4 rings (SSSR count). The van der Waals surface area contributed by atoms with Crippen molar-refractivity contribution < 1.29 is 9.53 Å². The second-order valence-corrected chi connectivity index (χ2v) is 7.94.